The van der Waals surface area contributed by atoms with Gasteiger partial charge in [-0.1, -0.05) is 30.9 Å². The van der Waals surface area contributed by atoms with Gasteiger partial charge in [0.15, 0.2) is 0 Å². The van der Waals surface area contributed by atoms with Crippen molar-refractivity contribution in [2.45, 2.75) is 6.92 Å². The highest BCUT2D eigenvalue weighted by Crippen LogP contribution is 2.04. The van der Waals surface area contributed by atoms with E-state index in [1.807, 2.05) is 16.7 Å². The smallest absolute Gasteiger partial charge is 0.0461 e. The molecule has 0 N–H and O–H groups in total. The third-order valence-corrected chi connectivity index (χ3v) is 2.33. The summed E-state index contributed by atoms with van der Waals surface area (Å²) in [4.78, 5) is 0. The molecule has 0 saturated carbocycles. The van der Waals surface area contributed by atoms with Crippen molar-refractivity contribution < 1.29 is 0 Å². The van der Waals surface area contributed by atoms with Gasteiger partial charge in [-0.05, 0) is 31.2 Å². The molecule has 0 spiro atoms. The molecule has 0 fully saturated rings. The quantitative estimate of drug-likeness (QED) is 0.633. The Morgan fingerprint density at radius 2 is 1.36 bits per heavy atom. The zero-order valence-corrected chi connectivity index (χ0v) is 8.33. The van der Waals surface area contributed by atoms with E-state index >= 15 is 0 Å². The Hall–Kier alpha value is -1.76. The van der Waals surface area contributed by atoms with Crippen LogP contribution in [0, 0.1) is 6.92 Å². The third-order valence-electron chi connectivity index (χ3n) is 2.33. The minimum absolute atomic E-state index is 0.971. The van der Waals surface area contributed by atoms with E-state index in [1.54, 1.807) is 0 Å². The Labute approximate surface area is 83.6 Å². The molecule has 1 heteroatoms. The summed E-state index contributed by atoms with van der Waals surface area (Å²) in [6, 6.07) is 12.3. The first-order valence-electron chi connectivity index (χ1n) is 4.61. The Balaban J connectivity index is 2.66. The highest BCUT2D eigenvalue weighted by Gasteiger charge is 1.96. The summed E-state index contributed by atoms with van der Waals surface area (Å²) in [5.41, 5.74) is 2.38. The lowest BCUT2D eigenvalue weighted by atomic mass is 10.2. The minimum Gasteiger partial charge on any atom is -0.312 e. The van der Waals surface area contributed by atoms with Gasteiger partial charge >= 0.3 is 0 Å². The van der Waals surface area contributed by atoms with Gasteiger partial charge in [0.2, 0.25) is 0 Å². The number of hydrogen-bond donors (Lipinski definition) is 0. The van der Waals surface area contributed by atoms with Crippen molar-refractivity contribution in [3.05, 3.63) is 52.7 Å². The Bertz CT molecular complexity index is 504. The molecule has 2 aromatic rings. The van der Waals surface area contributed by atoms with E-state index in [9.17, 15) is 0 Å². The van der Waals surface area contributed by atoms with Crippen LogP contribution in [0.1, 0.15) is 5.56 Å². The fourth-order valence-electron chi connectivity index (χ4n) is 1.55. The van der Waals surface area contributed by atoms with Crippen LogP contribution in [0.3, 0.4) is 0 Å². The van der Waals surface area contributed by atoms with Gasteiger partial charge in [-0.15, -0.1) is 0 Å². The molecule has 0 aliphatic heterocycles. The predicted octanol–water partition coefficient (Wildman–Crippen LogP) is 1.61. The Morgan fingerprint density at radius 1 is 0.857 bits per heavy atom. The van der Waals surface area contributed by atoms with Crippen molar-refractivity contribution in [2.24, 2.45) is 0 Å². The zero-order chi connectivity index (χ0) is 10.1. The average Bonchev–Trinajstić information content (AvgIpc) is 2.49. The second-order valence-corrected chi connectivity index (χ2v) is 3.49. The van der Waals surface area contributed by atoms with Crippen LogP contribution < -0.4 is 10.7 Å². The molecular formula is C13H13N. The first-order valence-corrected chi connectivity index (χ1v) is 4.61. The van der Waals surface area contributed by atoms with E-state index < -0.39 is 0 Å². The van der Waals surface area contributed by atoms with Crippen LogP contribution >= 0.6 is 0 Å². The predicted molar refractivity (Wildman–Crippen MR) is 60.8 cm³/mol. The first kappa shape index (κ1) is 8.82. The van der Waals surface area contributed by atoms with E-state index in [0.717, 1.165) is 16.4 Å². The van der Waals surface area contributed by atoms with Crippen molar-refractivity contribution in [3.8, 4) is 5.69 Å². The molecule has 70 valence electrons. The second-order valence-electron chi connectivity index (χ2n) is 3.49. The monoisotopic (exact) mass is 183 g/mol. The van der Waals surface area contributed by atoms with Crippen LogP contribution in [0.15, 0.2) is 36.4 Å². The summed E-state index contributed by atoms with van der Waals surface area (Å²) in [6.45, 7) is 10.0. The van der Waals surface area contributed by atoms with Gasteiger partial charge in [-0.2, -0.15) is 0 Å². The summed E-state index contributed by atoms with van der Waals surface area (Å²) in [5.74, 6) is 0. The maximum absolute atomic E-state index is 3.96. The normalized spacial score (nSPS) is 10.4. The first-order chi connectivity index (χ1) is 6.68. The lowest BCUT2D eigenvalue weighted by molar-refractivity contribution is 1.00. The molecule has 0 atom stereocenters. The fraction of sp³-hybridized carbons (Fsp3) is 0.0769. The van der Waals surface area contributed by atoms with Crippen LogP contribution in [0.25, 0.3) is 18.8 Å². The molecule has 14 heavy (non-hydrogen) atoms. The molecule has 1 aromatic carbocycles. The number of nitrogens with zero attached hydrogens (tertiary/aromatic N) is 1. The highest BCUT2D eigenvalue weighted by molar-refractivity contribution is 5.36. The van der Waals surface area contributed by atoms with Gasteiger partial charge in [0.1, 0.15) is 0 Å². The van der Waals surface area contributed by atoms with E-state index in [0.29, 0.717) is 0 Å². The van der Waals surface area contributed by atoms with Crippen molar-refractivity contribution in [1.29, 1.82) is 0 Å². The molecule has 1 aromatic heterocycles. The molecule has 0 aliphatic carbocycles. The van der Waals surface area contributed by atoms with Crippen LogP contribution in [0.5, 0.6) is 0 Å². The van der Waals surface area contributed by atoms with Crippen molar-refractivity contribution in [3.63, 3.8) is 0 Å². The van der Waals surface area contributed by atoms with Crippen LogP contribution in [0.2, 0.25) is 0 Å². The number of rotatable bonds is 1. The molecule has 1 heterocycles. The summed E-state index contributed by atoms with van der Waals surface area (Å²) in [7, 11) is 0. The van der Waals surface area contributed by atoms with Crippen LogP contribution in [-0.2, 0) is 0 Å². The topological polar surface area (TPSA) is 4.93 Å². The van der Waals surface area contributed by atoms with E-state index in [1.165, 1.54) is 5.56 Å². The Kier molecular flexibility index (Phi) is 2.01. The summed E-state index contributed by atoms with van der Waals surface area (Å²) in [5, 5.41) is 1.94. The second kappa shape index (κ2) is 3.18. The summed E-state index contributed by atoms with van der Waals surface area (Å²) < 4.78 is 2.04. The standard InChI is InChI=1S/C13H13N/c1-10-4-8-13(9-5-10)14-11(2)6-7-12(14)3/h4-9H,2-3H2,1H3. The number of aromatic nitrogens is 1. The van der Waals surface area contributed by atoms with Gasteiger partial charge in [0, 0.05) is 16.4 Å². The average molecular weight is 183 g/mol. The van der Waals surface area contributed by atoms with Gasteiger partial charge in [-0.3, -0.25) is 0 Å². The molecule has 0 radical (unpaired) electrons. The van der Waals surface area contributed by atoms with Gasteiger partial charge in [-0.25, -0.2) is 0 Å². The lowest BCUT2D eigenvalue weighted by Crippen LogP contribution is -2.22. The van der Waals surface area contributed by atoms with E-state index in [4.69, 9.17) is 0 Å². The molecular weight excluding hydrogens is 170 g/mol. The number of benzene rings is 1. The molecule has 2 rings (SSSR count). The maximum Gasteiger partial charge on any atom is 0.0461 e. The largest absolute Gasteiger partial charge is 0.312 e. The highest BCUT2D eigenvalue weighted by atomic mass is 15.0. The Morgan fingerprint density at radius 3 is 1.86 bits per heavy atom. The minimum atomic E-state index is 0.971. The number of hydrogen-bond acceptors (Lipinski definition) is 0. The van der Waals surface area contributed by atoms with Crippen LogP contribution in [0.4, 0.5) is 0 Å². The molecule has 0 bridgehead atoms. The van der Waals surface area contributed by atoms with E-state index in [-0.39, 0.29) is 0 Å². The fourth-order valence-corrected chi connectivity index (χ4v) is 1.55. The maximum atomic E-state index is 3.96. The SMILES string of the molecule is C=c1ccc(=C)n1-c1ccc(C)cc1. The zero-order valence-electron chi connectivity index (χ0n) is 8.33. The molecule has 0 aliphatic rings. The van der Waals surface area contributed by atoms with E-state index in [2.05, 4.69) is 44.3 Å². The van der Waals surface area contributed by atoms with Crippen LogP contribution in [-0.4, -0.2) is 4.57 Å². The number of aryl methyl sites for hydroxylation is 1. The lowest BCUT2D eigenvalue weighted by Gasteiger charge is -2.04. The third kappa shape index (κ3) is 1.37. The van der Waals surface area contributed by atoms with Gasteiger partial charge < -0.3 is 4.57 Å². The van der Waals surface area contributed by atoms with Gasteiger partial charge in [0.05, 0.1) is 0 Å². The van der Waals surface area contributed by atoms with Crippen molar-refractivity contribution in [2.75, 3.05) is 0 Å². The van der Waals surface area contributed by atoms with Gasteiger partial charge in [0.25, 0.3) is 0 Å². The molecule has 0 saturated heterocycles. The molecule has 0 amide bonds. The summed E-state index contributed by atoms with van der Waals surface area (Å²) >= 11 is 0. The molecule has 1 nitrogen and oxygen atoms in total. The molecule has 0 unspecified atom stereocenters. The summed E-state index contributed by atoms with van der Waals surface area (Å²) in [6.07, 6.45) is 0. The van der Waals surface area contributed by atoms with Crippen molar-refractivity contribution in [1.82, 2.24) is 4.57 Å². The van der Waals surface area contributed by atoms with Crippen molar-refractivity contribution >= 4 is 13.2 Å².